The van der Waals surface area contributed by atoms with Crippen molar-refractivity contribution in [1.29, 1.82) is 0 Å². The fourth-order valence-corrected chi connectivity index (χ4v) is 0.559. The van der Waals surface area contributed by atoms with E-state index in [9.17, 15) is 0 Å². The second kappa shape index (κ2) is 5.56. The molecule has 0 saturated carbocycles. The van der Waals surface area contributed by atoms with Crippen molar-refractivity contribution in [3.63, 3.8) is 0 Å². The Labute approximate surface area is 67.0 Å². The number of anilines is 2. The Morgan fingerprint density at radius 3 is 1.64 bits per heavy atom. The number of hydrogen-bond donors (Lipinski definition) is 2. The van der Waals surface area contributed by atoms with Gasteiger partial charge in [-0.3, -0.25) is 0 Å². The smallest absolute Gasteiger partial charge is 0.0351 e. The number of rotatable bonds is 0. The maximum Gasteiger partial charge on any atom is 0.0351 e. The van der Waals surface area contributed by atoms with Gasteiger partial charge in [0.15, 0.2) is 0 Å². The summed E-state index contributed by atoms with van der Waals surface area (Å²) in [5.74, 6) is 0. The first-order chi connectivity index (χ1) is 5.20. The molecule has 1 aromatic carbocycles. The van der Waals surface area contributed by atoms with Crippen LogP contribution < -0.4 is 11.5 Å². The lowest BCUT2D eigenvalue weighted by molar-refractivity contribution is 0.277. The highest BCUT2D eigenvalue weighted by Crippen LogP contribution is 2.06. The first-order valence-electron chi connectivity index (χ1n) is 3.22. The van der Waals surface area contributed by atoms with E-state index in [1.807, 2.05) is 6.07 Å². The molecule has 0 aliphatic heterocycles. The molecule has 0 radical (unpaired) electrons. The van der Waals surface area contributed by atoms with E-state index in [2.05, 4.69) is 4.74 Å². The summed E-state index contributed by atoms with van der Waals surface area (Å²) >= 11 is 0. The topological polar surface area (TPSA) is 61.3 Å². The van der Waals surface area contributed by atoms with Gasteiger partial charge in [0.2, 0.25) is 0 Å². The molecule has 62 valence electrons. The zero-order chi connectivity index (χ0) is 8.69. The van der Waals surface area contributed by atoms with Crippen molar-refractivity contribution in [3.05, 3.63) is 24.3 Å². The van der Waals surface area contributed by atoms with Crippen LogP contribution in [0.1, 0.15) is 0 Å². The molecule has 0 aliphatic carbocycles. The van der Waals surface area contributed by atoms with Crippen LogP contribution in [0.3, 0.4) is 0 Å². The lowest BCUT2D eigenvalue weighted by atomic mass is 10.3. The van der Waals surface area contributed by atoms with Gasteiger partial charge < -0.3 is 16.2 Å². The van der Waals surface area contributed by atoms with E-state index in [0.717, 1.165) is 0 Å². The molecule has 1 rings (SSSR count). The molecule has 1 aromatic rings. The van der Waals surface area contributed by atoms with E-state index in [-0.39, 0.29) is 0 Å². The highest BCUT2D eigenvalue weighted by atomic mass is 16.4. The number of nitrogen functional groups attached to an aromatic ring is 2. The number of benzene rings is 1. The minimum atomic E-state index is 0.713. The average Bonchev–Trinajstić information content (AvgIpc) is 1.88. The fourth-order valence-electron chi connectivity index (χ4n) is 0.559. The SMILES string of the molecule is COC.Nc1cccc(N)c1. The van der Waals surface area contributed by atoms with Crippen LogP contribution in [-0.2, 0) is 4.74 Å². The van der Waals surface area contributed by atoms with Gasteiger partial charge in [0.05, 0.1) is 0 Å². The summed E-state index contributed by atoms with van der Waals surface area (Å²) in [6.07, 6.45) is 0. The molecule has 0 atom stereocenters. The van der Waals surface area contributed by atoms with Crippen molar-refractivity contribution in [3.8, 4) is 0 Å². The zero-order valence-corrected chi connectivity index (χ0v) is 6.87. The Bertz CT molecular complexity index is 184. The summed E-state index contributed by atoms with van der Waals surface area (Å²) in [6, 6.07) is 7.15. The minimum Gasteiger partial charge on any atom is -0.399 e. The van der Waals surface area contributed by atoms with Crippen molar-refractivity contribution >= 4 is 11.4 Å². The van der Waals surface area contributed by atoms with Crippen LogP contribution in [0.25, 0.3) is 0 Å². The number of ether oxygens (including phenoxy) is 1. The molecule has 0 unspecified atom stereocenters. The Morgan fingerprint density at radius 2 is 1.45 bits per heavy atom. The Kier molecular flexibility index (Phi) is 4.94. The molecule has 0 saturated heterocycles. The van der Waals surface area contributed by atoms with Gasteiger partial charge in [-0.15, -0.1) is 0 Å². The standard InChI is InChI=1S/C6H8N2.C2H6O/c7-5-2-1-3-6(8)4-5;1-3-2/h1-4H,7-8H2;1-2H3. The van der Waals surface area contributed by atoms with Crippen LogP contribution in [0.4, 0.5) is 11.4 Å². The van der Waals surface area contributed by atoms with Gasteiger partial charge in [-0.1, -0.05) is 6.07 Å². The predicted molar refractivity (Wildman–Crippen MR) is 48.2 cm³/mol. The molecule has 0 heterocycles. The fraction of sp³-hybridized carbons (Fsp3) is 0.250. The van der Waals surface area contributed by atoms with E-state index in [0.29, 0.717) is 11.4 Å². The molecule has 3 heteroatoms. The highest BCUT2D eigenvalue weighted by molar-refractivity contribution is 5.50. The molecule has 0 aliphatic rings. The Morgan fingerprint density at radius 1 is 1.09 bits per heavy atom. The number of nitrogens with two attached hydrogens (primary N) is 2. The molecule has 0 amide bonds. The van der Waals surface area contributed by atoms with Crippen LogP contribution in [0.2, 0.25) is 0 Å². The molecule has 4 N–H and O–H groups in total. The zero-order valence-electron chi connectivity index (χ0n) is 6.87. The van der Waals surface area contributed by atoms with E-state index >= 15 is 0 Å². The second-order valence-electron chi connectivity index (χ2n) is 2.08. The third kappa shape index (κ3) is 5.24. The van der Waals surface area contributed by atoms with Crippen LogP contribution >= 0.6 is 0 Å². The van der Waals surface area contributed by atoms with E-state index in [1.165, 1.54) is 0 Å². The van der Waals surface area contributed by atoms with Gasteiger partial charge in [-0.05, 0) is 18.2 Å². The molecule has 0 fully saturated rings. The second-order valence-corrected chi connectivity index (χ2v) is 2.08. The van der Waals surface area contributed by atoms with Crippen molar-refractivity contribution in [2.24, 2.45) is 0 Å². The normalized spacial score (nSPS) is 8.18. The van der Waals surface area contributed by atoms with Crippen LogP contribution in [-0.4, -0.2) is 14.2 Å². The van der Waals surface area contributed by atoms with Gasteiger partial charge in [-0.2, -0.15) is 0 Å². The summed E-state index contributed by atoms with van der Waals surface area (Å²) in [4.78, 5) is 0. The molecule has 0 bridgehead atoms. The largest absolute Gasteiger partial charge is 0.399 e. The first kappa shape index (κ1) is 9.78. The van der Waals surface area contributed by atoms with Gasteiger partial charge in [0.1, 0.15) is 0 Å². The maximum absolute atomic E-state index is 5.38. The van der Waals surface area contributed by atoms with Crippen molar-refractivity contribution in [2.75, 3.05) is 25.7 Å². The van der Waals surface area contributed by atoms with E-state index in [4.69, 9.17) is 11.5 Å². The number of hydrogen-bond acceptors (Lipinski definition) is 3. The third-order valence-electron chi connectivity index (χ3n) is 0.911. The van der Waals surface area contributed by atoms with Crippen LogP contribution in [0, 0.1) is 0 Å². The van der Waals surface area contributed by atoms with Crippen molar-refractivity contribution in [1.82, 2.24) is 0 Å². The van der Waals surface area contributed by atoms with Crippen LogP contribution in [0.5, 0.6) is 0 Å². The molecular formula is C8H14N2O. The van der Waals surface area contributed by atoms with Crippen LogP contribution in [0.15, 0.2) is 24.3 Å². The summed E-state index contributed by atoms with van der Waals surface area (Å²) in [7, 11) is 3.25. The predicted octanol–water partition coefficient (Wildman–Crippen LogP) is 1.11. The quantitative estimate of drug-likeness (QED) is 0.550. The monoisotopic (exact) mass is 154 g/mol. The Balaban J connectivity index is 0.000000292. The first-order valence-corrected chi connectivity index (χ1v) is 3.22. The Hall–Kier alpha value is -1.22. The molecule has 0 aromatic heterocycles. The molecular weight excluding hydrogens is 140 g/mol. The van der Waals surface area contributed by atoms with E-state index < -0.39 is 0 Å². The van der Waals surface area contributed by atoms with E-state index in [1.54, 1.807) is 32.4 Å². The van der Waals surface area contributed by atoms with Gasteiger partial charge in [0, 0.05) is 25.6 Å². The molecule has 11 heavy (non-hydrogen) atoms. The van der Waals surface area contributed by atoms with Gasteiger partial charge >= 0.3 is 0 Å². The average molecular weight is 154 g/mol. The minimum absolute atomic E-state index is 0.713. The maximum atomic E-state index is 5.38. The van der Waals surface area contributed by atoms with Gasteiger partial charge in [-0.25, -0.2) is 0 Å². The lowest BCUT2D eigenvalue weighted by Crippen LogP contribution is -1.87. The van der Waals surface area contributed by atoms with Crippen molar-refractivity contribution < 1.29 is 4.74 Å². The lowest BCUT2D eigenvalue weighted by Gasteiger charge is -1.91. The summed E-state index contributed by atoms with van der Waals surface area (Å²) in [5.41, 5.74) is 12.2. The highest BCUT2D eigenvalue weighted by Gasteiger charge is 1.81. The third-order valence-corrected chi connectivity index (χ3v) is 0.911. The molecule has 0 spiro atoms. The van der Waals surface area contributed by atoms with Crippen molar-refractivity contribution in [2.45, 2.75) is 0 Å². The number of methoxy groups -OCH3 is 1. The molecule has 3 nitrogen and oxygen atoms in total. The van der Waals surface area contributed by atoms with Gasteiger partial charge in [0.25, 0.3) is 0 Å². The summed E-state index contributed by atoms with van der Waals surface area (Å²) in [6.45, 7) is 0. The summed E-state index contributed by atoms with van der Waals surface area (Å²) < 4.78 is 4.25. The summed E-state index contributed by atoms with van der Waals surface area (Å²) in [5, 5.41) is 0.